The zero-order valence-corrected chi connectivity index (χ0v) is 13.2. The van der Waals surface area contributed by atoms with Crippen molar-refractivity contribution in [3.05, 3.63) is 35.9 Å². The van der Waals surface area contributed by atoms with Crippen molar-refractivity contribution >= 4 is 18.0 Å². The smallest absolute Gasteiger partial charge is 0.408 e. The van der Waals surface area contributed by atoms with E-state index in [2.05, 4.69) is 10.1 Å². The van der Waals surface area contributed by atoms with Crippen LogP contribution in [-0.4, -0.2) is 35.8 Å². The van der Waals surface area contributed by atoms with Gasteiger partial charge in [0.1, 0.15) is 12.6 Å². The lowest BCUT2D eigenvalue weighted by Crippen LogP contribution is -2.43. The second kappa shape index (κ2) is 9.45. The van der Waals surface area contributed by atoms with Crippen molar-refractivity contribution in [2.75, 3.05) is 6.61 Å². The molecule has 1 aromatic rings. The van der Waals surface area contributed by atoms with Crippen LogP contribution in [0.5, 0.6) is 0 Å². The van der Waals surface area contributed by atoms with E-state index in [1.54, 1.807) is 12.1 Å². The van der Waals surface area contributed by atoms with Gasteiger partial charge in [0.15, 0.2) is 6.61 Å². The third kappa shape index (κ3) is 7.85. The molecule has 0 spiro atoms. The van der Waals surface area contributed by atoms with Crippen LogP contribution in [0, 0.1) is 5.92 Å². The molecule has 1 rings (SSSR count). The van der Waals surface area contributed by atoms with Crippen LogP contribution in [0.3, 0.4) is 0 Å². The number of esters is 1. The number of hydrogen-bond donors (Lipinski definition) is 2. The topological polar surface area (TPSA) is 102 Å². The van der Waals surface area contributed by atoms with Gasteiger partial charge in [-0.25, -0.2) is 14.4 Å². The average molecular weight is 323 g/mol. The molecule has 2 N–H and O–H groups in total. The first-order chi connectivity index (χ1) is 10.9. The Hall–Kier alpha value is -2.57. The van der Waals surface area contributed by atoms with Gasteiger partial charge in [0, 0.05) is 0 Å². The Balaban J connectivity index is 2.52. The molecule has 0 aliphatic carbocycles. The maximum absolute atomic E-state index is 11.8. The summed E-state index contributed by atoms with van der Waals surface area (Å²) in [7, 11) is 0. The highest BCUT2D eigenvalue weighted by Crippen LogP contribution is 2.08. The van der Waals surface area contributed by atoms with Crippen molar-refractivity contribution in [1.29, 1.82) is 0 Å². The van der Waals surface area contributed by atoms with Crippen LogP contribution in [0.15, 0.2) is 30.3 Å². The molecule has 126 valence electrons. The SMILES string of the molecule is CC(C)C[C@H](NC(=O)OCc1ccccc1)C(=O)OCC(=O)O. The Labute approximate surface area is 134 Å². The van der Waals surface area contributed by atoms with Gasteiger partial charge in [-0.3, -0.25) is 0 Å². The number of carbonyl (C=O) groups excluding carboxylic acids is 2. The van der Waals surface area contributed by atoms with Crippen molar-refractivity contribution < 1.29 is 29.0 Å². The molecule has 1 amide bonds. The van der Waals surface area contributed by atoms with Gasteiger partial charge >= 0.3 is 18.0 Å². The number of ether oxygens (including phenoxy) is 2. The summed E-state index contributed by atoms with van der Waals surface area (Å²) in [5.41, 5.74) is 0.816. The fourth-order valence-corrected chi connectivity index (χ4v) is 1.83. The molecule has 0 saturated heterocycles. The number of hydrogen-bond acceptors (Lipinski definition) is 5. The monoisotopic (exact) mass is 323 g/mol. The molecule has 0 aromatic heterocycles. The number of aliphatic carboxylic acids is 1. The van der Waals surface area contributed by atoms with E-state index in [0.29, 0.717) is 6.42 Å². The van der Waals surface area contributed by atoms with Crippen molar-refractivity contribution in [2.24, 2.45) is 5.92 Å². The number of carboxylic acid groups (broad SMARTS) is 1. The quantitative estimate of drug-likeness (QED) is 0.709. The minimum absolute atomic E-state index is 0.0746. The van der Waals surface area contributed by atoms with Crippen molar-refractivity contribution in [3.8, 4) is 0 Å². The third-order valence-electron chi connectivity index (χ3n) is 2.83. The number of nitrogens with one attached hydrogen (secondary N) is 1. The third-order valence-corrected chi connectivity index (χ3v) is 2.83. The molecule has 0 bridgehead atoms. The van der Waals surface area contributed by atoms with Crippen LogP contribution in [0.1, 0.15) is 25.8 Å². The summed E-state index contributed by atoms with van der Waals surface area (Å²) in [5.74, 6) is -1.95. The second-order valence-corrected chi connectivity index (χ2v) is 5.39. The summed E-state index contributed by atoms with van der Waals surface area (Å²) in [5, 5.41) is 10.9. The first-order valence-corrected chi connectivity index (χ1v) is 7.24. The molecular weight excluding hydrogens is 302 g/mol. The van der Waals surface area contributed by atoms with E-state index < -0.39 is 30.7 Å². The molecule has 0 aliphatic rings. The van der Waals surface area contributed by atoms with E-state index in [1.165, 1.54) is 0 Å². The maximum atomic E-state index is 11.8. The first-order valence-electron chi connectivity index (χ1n) is 7.24. The maximum Gasteiger partial charge on any atom is 0.408 e. The van der Waals surface area contributed by atoms with E-state index in [4.69, 9.17) is 9.84 Å². The lowest BCUT2D eigenvalue weighted by Gasteiger charge is -2.18. The lowest BCUT2D eigenvalue weighted by atomic mass is 10.0. The molecular formula is C16H21NO6. The van der Waals surface area contributed by atoms with E-state index in [0.717, 1.165) is 5.56 Å². The highest BCUT2D eigenvalue weighted by molar-refractivity contribution is 5.83. The van der Waals surface area contributed by atoms with E-state index >= 15 is 0 Å². The fourth-order valence-electron chi connectivity index (χ4n) is 1.83. The number of amides is 1. The molecule has 0 unspecified atom stereocenters. The largest absolute Gasteiger partial charge is 0.479 e. The number of benzene rings is 1. The highest BCUT2D eigenvalue weighted by atomic mass is 16.6. The van der Waals surface area contributed by atoms with Crippen LogP contribution in [0.25, 0.3) is 0 Å². The molecule has 0 saturated carbocycles. The summed E-state index contributed by atoms with van der Waals surface area (Å²) in [4.78, 5) is 34.1. The van der Waals surface area contributed by atoms with Gasteiger partial charge < -0.3 is 19.9 Å². The Bertz CT molecular complexity index is 529. The second-order valence-electron chi connectivity index (χ2n) is 5.39. The van der Waals surface area contributed by atoms with Crippen molar-refractivity contribution in [1.82, 2.24) is 5.32 Å². The summed E-state index contributed by atoms with van der Waals surface area (Å²) < 4.78 is 9.66. The standard InChI is InChI=1S/C16H21NO6/c1-11(2)8-13(15(20)22-10-14(18)19)17-16(21)23-9-12-6-4-3-5-7-12/h3-7,11,13H,8-10H2,1-2H3,(H,17,21)(H,18,19)/t13-/m0/s1. The normalized spacial score (nSPS) is 11.6. The van der Waals surface area contributed by atoms with Crippen LogP contribution in [-0.2, 0) is 25.7 Å². The Morgan fingerprint density at radius 3 is 2.35 bits per heavy atom. The molecule has 0 fully saturated rings. The summed E-state index contributed by atoms with van der Waals surface area (Å²) in [6, 6.07) is 8.15. The average Bonchev–Trinajstić information content (AvgIpc) is 2.50. The van der Waals surface area contributed by atoms with E-state index in [1.807, 2.05) is 32.0 Å². The van der Waals surface area contributed by atoms with Gasteiger partial charge in [-0.05, 0) is 17.9 Å². The lowest BCUT2D eigenvalue weighted by molar-refractivity contribution is -0.156. The van der Waals surface area contributed by atoms with Crippen molar-refractivity contribution in [3.63, 3.8) is 0 Å². The number of carboxylic acids is 1. The minimum atomic E-state index is -1.26. The Morgan fingerprint density at radius 1 is 1.13 bits per heavy atom. The van der Waals surface area contributed by atoms with Crippen LogP contribution in [0.2, 0.25) is 0 Å². The zero-order valence-electron chi connectivity index (χ0n) is 13.2. The Morgan fingerprint density at radius 2 is 1.78 bits per heavy atom. The molecule has 7 heteroatoms. The molecule has 0 heterocycles. The van der Waals surface area contributed by atoms with Gasteiger partial charge in [0.25, 0.3) is 0 Å². The number of rotatable bonds is 8. The van der Waals surface area contributed by atoms with Gasteiger partial charge in [-0.2, -0.15) is 0 Å². The predicted octanol–water partition coefficient (Wildman–Crippen LogP) is 1.96. The molecule has 23 heavy (non-hydrogen) atoms. The highest BCUT2D eigenvalue weighted by Gasteiger charge is 2.24. The summed E-state index contributed by atoms with van der Waals surface area (Å²) in [6.45, 7) is 3.07. The van der Waals surface area contributed by atoms with E-state index in [9.17, 15) is 14.4 Å². The molecule has 1 atom stereocenters. The number of alkyl carbamates (subject to hydrolysis) is 1. The first kappa shape index (κ1) is 18.5. The minimum Gasteiger partial charge on any atom is -0.479 e. The summed E-state index contributed by atoms with van der Waals surface area (Å²) in [6.07, 6.45) is -0.439. The molecule has 7 nitrogen and oxygen atoms in total. The van der Waals surface area contributed by atoms with Gasteiger partial charge in [0.2, 0.25) is 0 Å². The number of carbonyl (C=O) groups is 3. The van der Waals surface area contributed by atoms with Crippen molar-refractivity contribution in [2.45, 2.75) is 32.9 Å². The molecule has 0 aliphatic heterocycles. The van der Waals surface area contributed by atoms with Crippen LogP contribution < -0.4 is 5.32 Å². The van der Waals surface area contributed by atoms with Gasteiger partial charge in [-0.1, -0.05) is 44.2 Å². The van der Waals surface area contributed by atoms with Crippen LogP contribution >= 0.6 is 0 Å². The predicted molar refractivity (Wildman–Crippen MR) is 81.6 cm³/mol. The Kier molecular flexibility index (Phi) is 7.59. The summed E-state index contributed by atoms with van der Waals surface area (Å²) >= 11 is 0. The molecule has 1 aromatic carbocycles. The van der Waals surface area contributed by atoms with Crippen LogP contribution in [0.4, 0.5) is 4.79 Å². The molecule has 0 radical (unpaired) electrons. The van der Waals surface area contributed by atoms with E-state index in [-0.39, 0.29) is 12.5 Å². The fraction of sp³-hybridized carbons (Fsp3) is 0.438. The van der Waals surface area contributed by atoms with Gasteiger partial charge in [-0.15, -0.1) is 0 Å². The zero-order chi connectivity index (χ0) is 17.2. The van der Waals surface area contributed by atoms with Gasteiger partial charge in [0.05, 0.1) is 0 Å².